The predicted octanol–water partition coefficient (Wildman–Crippen LogP) is 4.27. The van der Waals surface area contributed by atoms with E-state index in [4.69, 9.17) is 4.74 Å². The van der Waals surface area contributed by atoms with Crippen molar-refractivity contribution in [2.24, 2.45) is 4.36 Å². The highest BCUT2D eigenvalue weighted by Crippen LogP contribution is 2.31. The van der Waals surface area contributed by atoms with E-state index < -0.39 is 21.4 Å². The Balaban J connectivity index is 2.32. The first-order valence-corrected chi connectivity index (χ1v) is 8.83. The van der Waals surface area contributed by atoms with Crippen LogP contribution in [0.1, 0.15) is 0 Å². The highest BCUT2D eigenvalue weighted by atomic mass is 79.9. The van der Waals surface area contributed by atoms with Gasteiger partial charge >= 0.3 is 0 Å². The molecule has 0 atom stereocenters. The van der Waals surface area contributed by atoms with Crippen LogP contribution < -0.4 is 4.74 Å². The van der Waals surface area contributed by atoms with Gasteiger partial charge in [-0.2, -0.15) is 4.36 Å². The lowest BCUT2D eigenvalue weighted by molar-refractivity contribution is 0.433. The normalized spacial score (nSPS) is 11.3. The lowest BCUT2D eigenvalue weighted by Crippen LogP contribution is -1.93. The van der Waals surface area contributed by atoms with Gasteiger partial charge in [0.25, 0.3) is 0 Å². The van der Waals surface area contributed by atoms with E-state index in [2.05, 4.69) is 25.3 Å². The van der Waals surface area contributed by atoms with Gasteiger partial charge in [0, 0.05) is 28.3 Å². The molecule has 0 fully saturated rings. The lowest BCUT2D eigenvalue weighted by Gasteiger charge is -2.08. The summed E-state index contributed by atoms with van der Waals surface area (Å²) in [7, 11) is -2.33. The van der Waals surface area contributed by atoms with Crippen molar-refractivity contribution < 1.29 is 17.7 Å². The van der Waals surface area contributed by atoms with Gasteiger partial charge in [0.1, 0.15) is 5.82 Å². The molecule has 0 saturated carbocycles. The second-order valence-electron chi connectivity index (χ2n) is 4.41. The number of aromatic nitrogens is 1. The van der Waals surface area contributed by atoms with Crippen molar-refractivity contribution in [3.05, 3.63) is 46.6 Å². The Kier molecular flexibility index (Phi) is 4.58. The van der Waals surface area contributed by atoms with Crippen LogP contribution >= 0.6 is 15.9 Å². The van der Waals surface area contributed by atoms with E-state index in [0.717, 1.165) is 12.1 Å². The number of halogens is 3. The number of hydrogen-bond acceptors (Lipinski definition) is 4. The molecule has 2 rings (SSSR count). The SMILES string of the molecule is CS(C)(=O)=Nc1ccc(Oc2ccc(F)cc2F)c(Br)n1. The minimum absolute atomic E-state index is 0.127. The van der Waals surface area contributed by atoms with Crippen LogP contribution in [-0.4, -0.2) is 21.7 Å². The molecule has 2 aromatic rings. The van der Waals surface area contributed by atoms with E-state index >= 15 is 0 Å². The van der Waals surface area contributed by atoms with Crippen LogP contribution in [-0.2, 0) is 9.73 Å². The quantitative estimate of drug-likeness (QED) is 0.751. The van der Waals surface area contributed by atoms with Crippen molar-refractivity contribution in [3.63, 3.8) is 0 Å². The third-order valence-electron chi connectivity index (χ3n) is 2.23. The number of pyridine rings is 1. The molecule has 0 amide bonds. The van der Waals surface area contributed by atoms with Gasteiger partial charge in [-0.05, 0) is 40.2 Å². The van der Waals surface area contributed by atoms with E-state index in [1.165, 1.54) is 30.7 Å². The molecule has 0 spiro atoms. The first-order chi connectivity index (χ1) is 9.74. The molecule has 0 bridgehead atoms. The van der Waals surface area contributed by atoms with Crippen LogP contribution in [0.2, 0.25) is 0 Å². The van der Waals surface area contributed by atoms with Crippen molar-refractivity contribution in [2.75, 3.05) is 12.5 Å². The topological polar surface area (TPSA) is 51.5 Å². The van der Waals surface area contributed by atoms with Gasteiger partial charge in [-0.1, -0.05) is 0 Å². The van der Waals surface area contributed by atoms with Crippen LogP contribution in [0.15, 0.2) is 39.3 Å². The van der Waals surface area contributed by atoms with Gasteiger partial charge in [-0.25, -0.2) is 18.0 Å². The number of nitrogens with zero attached hydrogens (tertiary/aromatic N) is 2. The number of benzene rings is 1. The third-order valence-corrected chi connectivity index (χ3v) is 3.42. The van der Waals surface area contributed by atoms with Crippen LogP contribution in [0.25, 0.3) is 0 Å². The molecule has 0 aliphatic heterocycles. The highest BCUT2D eigenvalue weighted by molar-refractivity contribution is 9.10. The smallest absolute Gasteiger partial charge is 0.168 e. The Morgan fingerprint density at radius 1 is 1.19 bits per heavy atom. The maximum atomic E-state index is 13.5. The summed E-state index contributed by atoms with van der Waals surface area (Å²) < 4.78 is 47.4. The molecule has 8 heteroatoms. The van der Waals surface area contributed by atoms with Crippen molar-refractivity contribution in [3.8, 4) is 11.5 Å². The van der Waals surface area contributed by atoms with Gasteiger partial charge in [-0.15, -0.1) is 0 Å². The van der Waals surface area contributed by atoms with Gasteiger partial charge in [0.05, 0.1) is 0 Å². The molecule has 0 radical (unpaired) electrons. The molecule has 0 aliphatic carbocycles. The summed E-state index contributed by atoms with van der Waals surface area (Å²) in [5, 5.41) is 0. The first kappa shape index (κ1) is 15.8. The summed E-state index contributed by atoms with van der Waals surface area (Å²) in [6, 6.07) is 5.99. The average Bonchev–Trinajstić information content (AvgIpc) is 2.33. The van der Waals surface area contributed by atoms with E-state index in [-0.39, 0.29) is 21.9 Å². The largest absolute Gasteiger partial charge is 0.451 e. The number of ether oxygens (including phenoxy) is 1. The molecule has 112 valence electrons. The van der Waals surface area contributed by atoms with Gasteiger partial charge in [0.2, 0.25) is 0 Å². The van der Waals surface area contributed by atoms with Gasteiger partial charge in [0.15, 0.2) is 27.7 Å². The highest BCUT2D eigenvalue weighted by Gasteiger charge is 2.10. The summed E-state index contributed by atoms with van der Waals surface area (Å²) in [4.78, 5) is 4.05. The maximum Gasteiger partial charge on any atom is 0.168 e. The molecule has 1 aromatic heterocycles. The van der Waals surface area contributed by atoms with Gasteiger partial charge in [-0.3, -0.25) is 0 Å². The minimum Gasteiger partial charge on any atom is -0.451 e. The minimum atomic E-state index is -2.33. The summed E-state index contributed by atoms with van der Waals surface area (Å²) in [5.74, 6) is -1.13. The Morgan fingerprint density at radius 3 is 2.43 bits per heavy atom. The second kappa shape index (κ2) is 6.07. The number of rotatable bonds is 3. The van der Waals surface area contributed by atoms with E-state index in [9.17, 15) is 13.0 Å². The lowest BCUT2D eigenvalue weighted by atomic mass is 10.3. The second-order valence-corrected chi connectivity index (χ2v) is 7.70. The molecule has 0 saturated heterocycles. The summed E-state index contributed by atoms with van der Waals surface area (Å²) >= 11 is 3.17. The molecular weight excluding hydrogens is 366 g/mol. The third kappa shape index (κ3) is 4.47. The van der Waals surface area contributed by atoms with Crippen LogP contribution in [0.3, 0.4) is 0 Å². The van der Waals surface area contributed by atoms with E-state index in [1.54, 1.807) is 0 Å². The molecule has 0 aliphatic rings. The zero-order valence-corrected chi connectivity index (χ0v) is 13.5. The van der Waals surface area contributed by atoms with Gasteiger partial charge < -0.3 is 4.74 Å². The van der Waals surface area contributed by atoms with Crippen molar-refractivity contribution >= 4 is 31.5 Å². The fraction of sp³-hybridized carbons (Fsp3) is 0.154. The zero-order chi connectivity index (χ0) is 15.6. The van der Waals surface area contributed by atoms with E-state index in [1.807, 2.05) is 0 Å². The van der Waals surface area contributed by atoms with Crippen LogP contribution in [0, 0.1) is 11.6 Å². The monoisotopic (exact) mass is 376 g/mol. The summed E-state index contributed by atoms with van der Waals surface area (Å²) in [5.41, 5.74) is 0. The molecule has 0 N–H and O–H groups in total. The van der Waals surface area contributed by atoms with Crippen molar-refractivity contribution in [1.29, 1.82) is 0 Å². The van der Waals surface area contributed by atoms with Crippen LogP contribution in [0.4, 0.5) is 14.6 Å². The Labute approximate surface area is 129 Å². The number of hydrogen-bond donors (Lipinski definition) is 0. The first-order valence-electron chi connectivity index (χ1n) is 5.71. The predicted molar refractivity (Wildman–Crippen MR) is 80.4 cm³/mol. The fourth-order valence-electron chi connectivity index (χ4n) is 1.44. The molecule has 0 unspecified atom stereocenters. The van der Waals surface area contributed by atoms with Crippen molar-refractivity contribution in [2.45, 2.75) is 0 Å². The molecular formula is C13H11BrF2N2O2S. The molecule has 21 heavy (non-hydrogen) atoms. The van der Waals surface area contributed by atoms with E-state index in [0.29, 0.717) is 0 Å². The molecule has 1 heterocycles. The fourth-order valence-corrected chi connectivity index (χ4v) is 2.39. The van der Waals surface area contributed by atoms with Crippen molar-refractivity contribution in [1.82, 2.24) is 4.98 Å². The standard InChI is InChI=1S/C13H11BrF2N2O2S/c1-21(2,19)18-12-6-5-11(13(14)17-12)20-10-4-3-8(15)7-9(10)16/h3-7H,1-2H3. The Bertz CT molecular complexity index is 797. The zero-order valence-electron chi connectivity index (χ0n) is 11.1. The Morgan fingerprint density at radius 2 is 1.86 bits per heavy atom. The summed E-state index contributed by atoms with van der Waals surface area (Å²) in [6.07, 6.45) is 2.97. The summed E-state index contributed by atoms with van der Waals surface area (Å²) in [6.45, 7) is 0. The Hall–Kier alpha value is -1.54. The average molecular weight is 377 g/mol. The maximum absolute atomic E-state index is 13.5. The molecule has 1 aromatic carbocycles. The molecule has 4 nitrogen and oxygen atoms in total. The van der Waals surface area contributed by atoms with Crippen LogP contribution in [0.5, 0.6) is 11.5 Å².